The number of hydrogen-bond donors (Lipinski definition) is 2. The molecule has 17 heavy (non-hydrogen) atoms. The number of benzene rings is 1. The Hall–Kier alpha value is -0.930. The number of hydrogen-bond acceptors (Lipinski definition) is 2. The smallest absolute Gasteiger partial charge is 0.128 e. The Morgan fingerprint density at radius 3 is 2.71 bits per heavy atom. The van der Waals surface area contributed by atoms with E-state index < -0.39 is 0 Å². The van der Waals surface area contributed by atoms with Crippen molar-refractivity contribution in [1.29, 1.82) is 0 Å². The fourth-order valence-corrected chi connectivity index (χ4v) is 2.23. The lowest BCUT2D eigenvalue weighted by molar-refractivity contribution is 0.385. The van der Waals surface area contributed by atoms with Gasteiger partial charge in [0.1, 0.15) is 5.82 Å². The van der Waals surface area contributed by atoms with Crippen LogP contribution >= 0.6 is 0 Å². The van der Waals surface area contributed by atoms with Crippen molar-refractivity contribution < 1.29 is 4.39 Å². The largest absolute Gasteiger partial charge is 0.271 e. The summed E-state index contributed by atoms with van der Waals surface area (Å²) in [6, 6.07) is 5.07. The molecule has 0 saturated heterocycles. The zero-order chi connectivity index (χ0) is 12.8. The predicted octanol–water partition coefficient (Wildman–Crippen LogP) is 3.46. The molecule has 1 aromatic carbocycles. The van der Waals surface area contributed by atoms with Crippen LogP contribution in [0.4, 0.5) is 4.39 Å². The van der Waals surface area contributed by atoms with Crippen LogP contribution < -0.4 is 11.3 Å². The summed E-state index contributed by atoms with van der Waals surface area (Å²) in [7, 11) is 0. The summed E-state index contributed by atoms with van der Waals surface area (Å²) in [5.74, 6) is 5.92. The van der Waals surface area contributed by atoms with Gasteiger partial charge in [0.15, 0.2) is 0 Å². The Balaban J connectivity index is 2.82. The van der Waals surface area contributed by atoms with Crippen LogP contribution in [-0.2, 0) is 0 Å². The number of hydrazine groups is 1. The normalized spacial score (nSPS) is 14.6. The molecular weight excluding hydrogens is 215 g/mol. The summed E-state index contributed by atoms with van der Waals surface area (Å²) in [6.07, 6.45) is 3.16. The van der Waals surface area contributed by atoms with E-state index in [1.807, 2.05) is 13.0 Å². The summed E-state index contributed by atoms with van der Waals surface area (Å²) < 4.78 is 13.7. The fourth-order valence-electron chi connectivity index (χ4n) is 2.23. The van der Waals surface area contributed by atoms with Crippen LogP contribution in [0.5, 0.6) is 0 Å². The molecule has 2 atom stereocenters. The maximum absolute atomic E-state index is 13.7. The second-order valence-corrected chi connectivity index (χ2v) is 4.87. The molecule has 0 radical (unpaired) electrons. The molecule has 2 nitrogen and oxygen atoms in total. The Morgan fingerprint density at radius 1 is 1.41 bits per heavy atom. The first-order chi connectivity index (χ1) is 8.08. The van der Waals surface area contributed by atoms with E-state index in [9.17, 15) is 4.39 Å². The molecule has 0 aromatic heterocycles. The molecule has 1 rings (SSSR count). The van der Waals surface area contributed by atoms with Gasteiger partial charge in [-0.15, -0.1) is 0 Å². The first-order valence-corrected chi connectivity index (χ1v) is 6.30. The van der Waals surface area contributed by atoms with Gasteiger partial charge in [0.2, 0.25) is 0 Å². The van der Waals surface area contributed by atoms with Crippen molar-refractivity contribution in [3.05, 3.63) is 35.1 Å². The summed E-state index contributed by atoms with van der Waals surface area (Å²) in [4.78, 5) is 0. The number of aryl methyl sites for hydroxylation is 1. The molecule has 96 valence electrons. The first kappa shape index (κ1) is 14.1. The third-order valence-electron chi connectivity index (χ3n) is 3.15. The molecule has 0 aliphatic carbocycles. The zero-order valence-electron chi connectivity index (χ0n) is 11.0. The minimum atomic E-state index is -0.178. The number of nitrogens with one attached hydrogen (secondary N) is 1. The van der Waals surface area contributed by atoms with Gasteiger partial charge in [0, 0.05) is 11.6 Å². The van der Waals surface area contributed by atoms with E-state index >= 15 is 0 Å². The van der Waals surface area contributed by atoms with Crippen molar-refractivity contribution in [3.8, 4) is 0 Å². The van der Waals surface area contributed by atoms with Crippen LogP contribution in [0.1, 0.15) is 50.3 Å². The van der Waals surface area contributed by atoms with Crippen molar-refractivity contribution >= 4 is 0 Å². The molecule has 0 bridgehead atoms. The van der Waals surface area contributed by atoms with E-state index in [2.05, 4.69) is 19.3 Å². The standard InChI is InChI=1S/C14H23FN2/c1-4-5-10(2)9-14(17-16)12-8-11(3)6-7-13(12)15/h6-8,10,14,17H,4-5,9,16H2,1-3H3. The highest BCUT2D eigenvalue weighted by molar-refractivity contribution is 5.26. The Bertz CT molecular complexity index is 352. The van der Waals surface area contributed by atoms with E-state index in [0.717, 1.165) is 24.8 Å². The highest BCUT2D eigenvalue weighted by atomic mass is 19.1. The van der Waals surface area contributed by atoms with Gasteiger partial charge >= 0.3 is 0 Å². The molecule has 3 N–H and O–H groups in total. The molecule has 0 aliphatic heterocycles. The van der Waals surface area contributed by atoms with Crippen molar-refractivity contribution in [3.63, 3.8) is 0 Å². The Labute approximate surface area is 103 Å². The van der Waals surface area contributed by atoms with Crippen LogP contribution in [-0.4, -0.2) is 0 Å². The minimum Gasteiger partial charge on any atom is -0.271 e. The third-order valence-corrected chi connectivity index (χ3v) is 3.15. The second kappa shape index (κ2) is 6.72. The maximum Gasteiger partial charge on any atom is 0.128 e. The number of rotatable bonds is 6. The SMILES string of the molecule is CCCC(C)CC(NN)c1cc(C)ccc1F. The van der Waals surface area contributed by atoms with Crippen LogP contribution in [0, 0.1) is 18.7 Å². The molecule has 3 heteroatoms. The summed E-state index contributed by atoms with van der Waals surface area (Å²) in [5, 5.41) is 0. The summed E-state index contributed by atoms with van der Waals surface area (Å²) in [6.45, 7) is 6.31. The highest BCUT2D eigenvalue weighted by Crippen LogP contribution is 2.25. The molecule has 0 fully saturated rings. The zero-order valence-corrected chi connectivity index (χ0v) is 11.0. The van der Waals surface area contributed by atoms with Gasteiger partial charge in [-0.05, 0) is 25.3 Å². The number of halogens is 1. The lowest BCUT2D eigenvalue weighted by Gasteiger charge is -2.21. The van der Waals surface area contributed by atoms with Gasteiger partial charge in [-0.3, -0.25) is 11.3 Å². The quantitative estimate of drug-likeness (QED) is 0.588. The van der Waals surface area contributed by atoms with Gasteiger partial charge in [-0.2, -0.15) is 0 Å². The topological polar surface area (TPSA) is 38.0 Å². The van der Waals surface area contributed by atoms with Crippen molar-refractivity contribution in [2.75, 3.05) is 0 Å². The summed E-state index contributed by atoms with van der Waals surface area (Å²) in [5.41, 5.74) is 4.47. The van der Waals surface area contributed by atoms with Gasteiger partial charge < -0.3 is 0 Å². The van der Waals surface area contributed by atoms with Crippen molar-refractivity contribution in [2.24, 2.45) is 11.8 Å². The van der Waals surface area contributed by atoms with Crippen LogP contribution in [0.3, 0.4) is 0 Å². The molecule has 0 heterocycles. The van der Waals surface area contributed by atoms with Crippen LogP contribution in [0.2, 0.25) is 0 Å². The minimum absolute atomic E-state index is 0.101. The number of nitrogens with two attached hydrogens (primary N) is 1. The van der Waals surface area contributed by atoms with E-state index in [-0.39, 0.29) is 11.9 Å². The monoisotopic (exact) mass is 238 g/mol. The Morgan fingerprint density at radius 2 is 2.12 bits per heavy atom. The molecule has 1 aromatic rings. The fraction of sp³-hybridized carbons (Fsp3) is 0.571. The molecular formula is C14H23FN2. The van der Waals surface area contributed by atoms with E-state index in [1.165, 1.54) is 6.07 Å². The maximum atomic E-state index is 13.7. The summed E-state index contributed by atoms with van der Waals surface area (Å²) >= 11 is 0. The molecule has 0 aliphatic rings. The van der Waals surface area contributed by atoms with Gasteiger partial charge in [-0.1, -0.05) is 44.4 Å². The first-order valence-electron chi connectivity index (χ1n) is 6.30. The Kier molecular flexibility index (Phi) is 5.59. The van der Waals surface area contributed by atoms with E-state index in [1.54, 1.807) is 6.07 Å². The van der Waals surface area contributed by atoms with Gasteiger partial charge in [0.25, 0.3) is 0 Å². The van der Waals surface area contributed by atoms with E-state index in [4.69, 9.17) is 5.84 Å². The van der Waals surface area contributed by atoms with E-state index in [0.29, 0.717) is 11.5 Å². The van der Waals surface area contributed by atoms with Gasteiger partial charge in [0.05, 0.1) is 0 Å². The van der Waals surface area contributed by atoms with Crippen LogP contribution in [0.25, 0.3) is 0 Å². The lowest BCUT2D eigenvalue weighted by atomic mass is 9.92. The van der Waals surface area contributed by atoms with Crippen molar-refractivity contribution in [2.45, 2.75) is 46.1 Å². The second-order valence-electron chi connectivity index (χ2n) is 4.87. The van der Waals surface area contributed by atoms with Crippen molar-refractivity contribution in [1.82, 2.24) is 5.43 Å². The van der Waals surface area contributed by atoms with Crippen LogP contribution in [0.15, 0.2) is 18.2 Å². The molecule has 2 unspecified atom stereocenters. The molecule has 0 saturated carbocycles. The van der Waals surface area contributed by atoms with Gasteiger partial charge in [-0.25, -0.2) is 4.39 Å². The predicted molar refractivity (Wildman–Crippen MR) is 69.9 cm³/mol. The third kappa shape index (κ3) is 4.10. The molecule has 0 spiro atoms. The lowest BCUT2D eigenvalue weighted by Crippen LogP contribution is -2.30. The average Bonchev–Trinajstić information content (AvgIpc) is 2.30. The average molecular weight is 238 g/mol. The molecule has 0 amide bonds. The highest BCUT2D eigenvalue weighted by Gasteiger charge is 2.17.